The van der Waals surface area contributed by atoms with Crippen LogP contribution in [0.5, 0.6) is 0 Å². The Bertz CT molecular complexity index is 739. The Balaban J connectivity index is 1.71. The normalized spacial score (nSPS) is 25.1. The van der Waals surface area contributed by atoms with Gasteiger partial charge in [-0.15, -0.1) is 0 Å². The molecule has 1 N–H and O–H groups in total. The minimum atomic E-state index is 0.409. The second-order valence-electron chi connectivity index (χ2n) is 7.39. The summed E-state index contributed by atoms with van der Waals surface area (Å²) in [5.41, 5.74) is 6.96. The van der Waals surface area contributed by atoms with E-state index in [0.717, 1.165) is 0 Å². The van der Waals surface area contributed by atoms with Crippen molar-refractivity contribution in [2.75, 3.05) is 5.32 Å². The van der Waals surface area contributed by atoms with Crippen molar-refractivity contribution in [3.63, 3.8) is 0 Å². The number of anilines is 1. The Morgan fingerprint density at radius 3 is 2.57 bits per heavy atom. The Morgan fingerprint density at radius 1 is 1.04 bits per heavy atom. The fraction of sp³-hybridized carbons (Fsp3) is 0.364. The van der Waals surface area contributed by atoms with Crippen LogP contribution in [0.25, 0.3) is 0 Å². The van der Waals surface area contributed by atoms with E-state index >= 15 is 0 Å². The zero-order valence-electron chi connectivity index (χ0n) is 14.2. The second kappa shape index (κ2) is 5.56. The molecule has 2 aliphatic rings. The third-order valence-corrected chi connectivity index (χ3v) is 5.48. The molecule has 0 saturated carbocycles. The number of benzene rings is 2. The number of allylic oxidation sites excluding steroid dienone is 2. The molecule has 0 amide bonds. The van der Waals surface area contributed by atoms with Crippen LogP contribution in [-0.2, 0) is 0 Å². The molecule has 1 nitrogen and oxygen atoms in total. The molecule has 2 aromatic carbocycles. The maximum Gasteiger partial charge on any atom is 0.0553 e. The van der Waals surface area contributed by atoms with Crippen LogP contribution in [0.2, 0.25) is 0 Å². The van der Waals surface area contributed by atoms with Crippen LogP contribution in [0.1, 0.15) is 60.4 Å². The van der Waals surface area contributed by atoms with Crippen molar-refractivity contribution < 1.29 is 0 Å². The van der Waals surface area contributed by atoms with E-state index in [1.54, 1.807) is 0 Å². The lowest BCUT2D eigenvalue weighted by Gasteiger charge is -2.37. The maximum atomic E-state index is 3.82. The largest absolute Gasteiger partial charge is 0.378 e. The molecule has 0 fully saturated rings. The quantitative estimate of drug-likeness (QED) is 0.676. The molecule has 3 atom stereocenters. The Morgan fingerprint density at radius 2 is 1.83 bits per heavy atom. The number of hydrogen-bond donors (Lipinski definition) is 1. The average Bonchev–Trinajstić information content (AvgIpc) is 3.04. The summed E-state index contributed by atoms with van der Waals surface area (Å²) >= 11 is 0. The van der Waals surface area contributed by atoms with Gasteiger partial charge >= 0.3 is 0 Å². The van der Waals surface area contributed by atoms with E-state index < -0.39 is 0 Å². The van der Waals surface area contributed by atoms with E-state index in [1.165, 1.54) is 34.4 Å². The van der Waals surface area contributed by atoms with Crippen LogP contribution >= 0.6 is 0 Å². The summed E-state index contributed by atoms with van der Waals surface area (Å²) in [5, 5.41) is 3.82. The van der Waals surface area contributed by atoms with E-state index in [-0.39, 0.29) is 0 Å². The lowest BCUT2D eigenvalue weighted by atomic mass is 9.76. The third-order valence-electron chi connectivity index (χ3n) is 5.48. The standard InChI is InChI=1S/C22H25N/c1-14(2)16-8-10-17(11-9-16)22-19-6-4-5-18(19)20-13-15(3)7-12-21(20)23-22/h4-5,7-14,18-19,22-23H,6H2,1-3H3/t18-,19+,22+/m1/s1. The van der Waals surface area contributed by atoms with Gasteiger partial charge in [0, 0.05) is 11.6 Å². The summed E-state index contributed by atoms with van der Waals surface area (Å²) in [6.45, 7) is 6.69. The van der Waals surface area contributed by atoms with Crippen LogP contribution in [-0.4, -0.2) is 0 Å². The fourth-order valence-electron chi connectivity index (χ4n) is 4.13. The van der Waals surface area contributed by atoms with Gasteiger partial charge in [0.25, 0.3) is 0 Å². The van der Waals surface area contributed by atoms with Gasteiger partial charge in [-0.1, -0.05) is 68.0 Å². The Labute approximate surface area is 139 Å². The number of aryl methyl sites for hydroxylation is 1. The highest BCUT2D eigenvalue weighted by atomic mass is 15.0. The zero-order valence-corrected chi connectivity index (χ0v) is 14.2. The van der Waals surface area contributed by atoms with E-state index in [0.29, 0.717) is 23.8 Å². The van der Waals surface area contributed by atoms with Crippen molar-refractivity contribution in [2.45, 2.75) is 45.1 Å². The Kier molecular flexibility index (Phi) is 3.52. The van der Waals surface area contributed by atoms with E-state index in [2.05, 4.69) is 80.7 Å². The van der Waals surface area contributed by atoms with Crippen molar-refractivity contribution >= 4 is 5.69 Å². The van der Waals surface area contributed by atoms with Crippen molar-refractivity contribution in [2.24, 2.45) is 5.92 Å². The first-order valence-electron chi connectivity index (χ1n) is 8.77. The van der Waals surface area contributed by atoms with Gasteiger partial charge in [0.1, 0.15) is 0 Å². The lowest BCUT2D eigenvalue weighted by molar-refractivity contribution is 0.425. The molecule has 0 bridgehead atoms. The van der Waals surface area contributed by atoms with Gasteiger partial charge in [0.2, 0.25) is 0 Å². The highest BCUT2D eigenvalue weighted by molar-refractivity contribution is 5.60. The van der Waals surface area contributed by atoms with Crippen LogP contribution in [0.15, 0.2) is 54.6 Å². The molecule has 23 heavy (non-hydrogen) atoms. The Hall–Kier alpha value is -2.02. The van der Waals surface area contributed by atoms with Crippen molar-refractivity contribution in [1.29, 1.82) is 0 Å². The molecule has 118 valence electrons. The van der Waals surface area contributed by atoms with Crippen molar-refractivity contribution in [3.8, 4) is 0 Å². The number of hydrogen-bond acceptors (Lipinski definition) is 1. The molecular formula is C22H25N. The van der Waals surface area contributed by atoms with Crippen LogP contribution < -0.4 is 5.32 Å². The van der Waals surface area contributed by atoms with E-state index in [1.807, 2.05) is 0 Å². The fourth-order valence-corrected chi connectivity index (χ4v) is 4.13. The maximum absolute atomic E-state index is 3.82. The summed E-state index contributed by atoms with van der Waals surface area (Å²) in [6.07, 6.45) is 5.95. The van der Waals surface area contributed by atoms with Crippen LogP contribution in [0.4, 0.5) is 5.69 Å². The molecule has 0 aromatic heterocycles. The molecule has 1 aliphatic heterocycles. The summed E-state index contributed by atoms with van der Waals surface area (Å²) in [5.74, 6) is 1.78. The van der Waals surface area contributed by atoms with Crippen molar-refractivity contribution in [1.82, 2.24) is 0 Å². The van der Waals surface area contributed by atoms with Crippen molar-refractivity contribution in [3.05, 3.63) is 76.9 Å². The van der Waals surface area contributed by atoms with Gasteiger partial charge in [0.15, 0.2) is 0 Å². The number of fused-ring (bicyclic) bond motifs is 3. The second-order valence-corrected chi connectivity index (χ2v) is 7.39. The molecule has 1 aliphatic carbocycles. The first kappa shape index (κ1) is 14.6. The van der Waals surface area contributed by atoms with E-state index in [4.69, 9.17) is 0 Å². The summed E-state index contributed by atoms with van der Waals surface area (Å²) < 4.78 is 0. The van der Waals surface area contributed by atoms with Gasteiger partial charge in [-0.25, -0.2) is 0 Å². The zero-order chi connectivity index (χ0) is 16.0. The van der Waals surface area contributed by atoms with Gasteiger partial charge < -0.3 is 5.32 Å². The number of rotatable bonds is 2. The first-order chi connectivity index (χ1) is 11.1. The summed E-state index contributed by atoms with van der Waals surface area (Å²) in [4.78, 5) is 0. The third kappa shape index (κ3) is 2.49. The molecule has 2 aromatic rings. The lowest BCUT2D eigenvalue weighted by Crippen LogP contribution is -2.29. The minimum Gasteiger partial charge on any atom is -0.378 e. The summed E-state index contributed by atoms with van der Waals surface area (Å²) in [6, 6.07) is 16.5. The molecular weight excluding hydrogens is 278 g/mol. The molecule has 0 radical (unpaired) electrons. The smallest absolute Gasteiger partial charge is 0.0553 e. The molecule has 4 rings (SSSR count). The van der Waals surface area contributed by atoms with Gasteiger partial charge in [0.05, 0.1) is 6.04 Å². The highest BCUT2D eigenvalue weighted by Gasteiger charge is 2.37. The van der Waals surface area contributed by atoms with Gasteiger partial charge in [-0.2, -0.15) is 0 Å². The molecule has 0 spiro atoms. The molecule has 1 heteroatoms. The first-order valence-corrected chi connectivity index (χ1v) is 8.77. The average molecular weight is 303 g/mol. The molecule has 0 saturated heterocycles. The van der Waals surface area contributed by atoms with Crippen LogP contribution in [0, 0.1) is 12.8 Å². The van der Waals surface area contributed by atoms with Crippen LogP contribution in [0.3, 0.4) is 0 Å². The predicted octanol–water partition coefficient (Wildman–Crippen LogP) is 5.94. The topological polar surface area (TPSA) is 12.0 Å². The highest BCUT2D eigenvalue weighted by Crippen LogP contribution is 2.49. The molecule has 0 unspecified atom stereocenters. The SMILES string of the molecule is Cc1ccc2c(c1)[C@@H]1C=CC[C@@H]1[C@H](c1ccc(C(C)C)cc1)N2. The molecule has 1 heterocycles. The van der Waals surface area contributed by atoms with Gasteiger partial charge in [-0.3, -0.25) is 0 Å². The predicted molar refractivity (Wildman–Crippen MR) is 98.1 cm³/mol. The minimum absolute atomic E-state index is 0.409. The number of nitrogens with one attached hydrogen (secondary N) is 1. The monoisotopic (exact) mass is 303 g/mol. The summed E-state index contributed by atoms with van der Waals surface area (Å²) in [7, 11) is 0. The van der Waals surface area contributed by atoms with Gasteiger partial charge in [-0.05, 0) is 47.9 Å². The van der Waals surface area contributed by atoms with E-state index in [9.17, 15) is 0 Å².